The minimum Gasteiger partial charge on any atom is -0.299 e. The molecule has 6 heteroatoms. The predicted molar refractivity (Wildman–Crippen MR) is 86.0 cm³/mol. The van der Waals surface area contributed by atoms with Gasteiger partial charge in [0.2, 0.25) is 15.9 Å². The molecule has 1 amide bonds. The zero-order valence-electron chi connectivity index (χ0n) is 13.3. The molecule has 0 spiro atoms. The molecular formula is C17H21NO4S. The van der Waals surface area contributed by atoms with Crippen LogP contribution in [-0.2, 0) is 25.4 Å². The van der Waals surface area contributed by atoms with E-state index in [0.717, 1.165) is 23.1 Å². The lowest BCUT2D eigenvalue weighted by molar-refractivity contribution is -0.132. The fourth-order valence-electron chi connectivity index (χ4n) is 3.92. The molecule has 0 saturated heterocycles. The largest absolute Gasteiger partial charge is 0.299 e. The van der Waals surface area contributed by atoms with Crippen LogP contribution in [0.3, 0.4) is 0 Å². The van der Waals surface area contributed by atoms with Crippen LogP contribution in [0.15, 0.2) is 18.2 Å². The van der Waals surface area contributed by atoms with Gasteiger partial charge in [0.05, 0.1) is 5.75 Å². The standard InChI is InChI=1S/C17H21NO4S/c1-10-4-3-5-11(2)15(10)9-23(21,22)18-17(20)14-7-12-6-13(14)16(19)8-12/h3-5,12-14H,6-9H2,1-2H3,(H,18,20)/t12-,13+,14?/m0/s1. The molecule has 23 heavy (non-hydrogen) atoms. The van der Waals surface area contributed by atoms with Gasteiger partial charge in [0, 0.05) is 18.3 Å². The second-order valence-electron chi connectivity index (χ2n) is 6.82. The second-order valence-corrected chi connectivity index (χ2v) is 8.54. The van der Waals surface area contributed by atoms with Gasteiger partial charge in [-0.2, -0.15) is 0 Å². The van der Waals surface area contributed by atoms with Crippen molar-refractivity contribution in [2.45, 2.75) is 38.9 Å². The first-order chi connectivity index (χ1) is 10.8. The molecule has 1 unspecified atom stereocenters. The van der Waals surface area contributed by atoms with E-state index in [1.165, 1.54) is 0 Å². The normalized spacial score (nSPS) is 26.5. The summed E-state index contributed by atoms with van der Waals surface area (Å²) in [4.78, 5) is 24.1. The molecule has 3 rings (SSSR count). The van der Waals surface area contributed by atoms with Gasteiger partial charge in [-0.25, -0.2) is 8.42 Å². The van der Waals surface area contributed by atoms with Crippen LogP contribution in [-0.4, -0.2) is 20.1 Å². The van der Waals surface area contributed by atoms with E-state index in [0.29, 0.717) is 12.8 Å². The van der Waals surface area contributed by atoms with Gasteiger partial charge in [-0.15, -0.1) is 0 Å². The predicted octanol–water partition coefficient (Wildman–Crippen LogP) is 1.86. The van der Waals surface area contributed by atoms with Crippen molar-refractivity contribution in [1.29, 1.82) is 0 Å². The molecule has 0 heterocycles. The Labute approximate surface area is 136 Å². The number of fused-ring (bicyclic) bond motifs is 2. The minimum atomic E-state index is -3.76. The Morgan fingerprint density at radius 1 is 1.22 bits per heavy atom. The summed E-state index contributed by atoms with van der Waals surface area (Å²) < 4.78 is 26.9. The van der Waals surface area contributed by atoms with Gasteiger partial charge in [0.15, 0.2) is 0 Å². The summed E-state index contributed by atoms with van der Waals surface area (Å²) in [5.74, 6) is -1.13. The molecule has 124 valence electrons. The molecule has 2 fully saturated rings. The number of aryl methyl sites for hydroxylation is 2. The Balaban J connectivity index is 1.72. The summed E-state index contributed by atoms with van der Waals surface area (Å²) in [5, 5.41) is 0. The molecule has 5 nitrogen and oxygen atoms in total. The second kappa shape index (κ2) is 5.74. The molecule has 0 aliphatic heterocycles. The molecule has 1 aromatic carbocycles. The Morgan fingerprint density at radius 2 is 1.87 bits per heavy atom. The van der Waals surface area contributed by atoms with Crippen LogP contribution in [0.4, 0.5) is 0 Å². The number of nitrogens with one attached hydrogen (secondary N) is 1. The molecule has 0 aromatic heterocycles. The van der Waals surface area contributed by atoms with Crippen LogP contribution >= 0.6 is 0 Å². The van der Waals surface area contributed by atoms with Crippen molar-refractivity contribution in [2.75, 3.05) is 0 Å². The van der Waals surface area contributed by atoms with Crippen LogP contribution in [0.25, 0.3) is 0 Å². The summed E-state index contributed by atoms with van der Waals surface area (Å²) in [5.41, 5.74) is 2.49. The minimum absolute atomic E-state index is 0.105. The van der Waals surface area contributed by atoms with Crippen LogP contribution in [0.2, 0.25) is 0 Å². The molecule has 1 N–H and O–H groups in total. The Bertz CT molecular complexity index is 749. The highest BCUT2D eigenvalue weighted by atomic mass is 32.2. The monoisotopic (exact) mass is 335 g/mol. The third kappa shape index (κ3) is 3.17. The van der Waals surface area contributed by atoms with Gasteiger partial charge < -0.3 is 0 Å². The molecular weight excluding hydrogens is 314 g/mol. The zero-order valence-corrected chi connectivity index (χ0v) is 14.2. The average Bonchev–Trinajstić information content (AvgIpc) is 3.01. The lowest BCUT2D eigenvalue weighted by Crippen LogP contribution is -2.40. The fourth-order valence-corrected chi connectivity index (χ4v) is 5.29. The summed E-state index contributed by atoms with van der Waals surface area (Å²) in [6, 6.07) is 5.59. The highest BCUT2D eigenvalue weighted by Crippen LogP contribution is 2.46. The van der Waals surface area contributed by atoms with E-state index in [1.807, 2.05) is 32.0 Å². The first-order valence-corrected chi connectivity index (χ1v) is 9.54. The van der Waals surface area contributed by atoms with Gasteiger partial charge in [-0.3, -0.25) is 14.3 Å². The van der Waals surface area contributed by atoms with Gasteiger partial charge in [0.25, 0.3) is 0 Å². The number of amides is 1. The molecule has 2 aliphatic carbocycles. The zero-order chi connectivity index (χ0) is 16.8. The van der Waals surface area contributed by atoms with Crippen molar-refractivity contribution >= 4 is 21.7 Å². The first kappa shape index (κ1) is 16.2. The van der Waals surface area contributed by atoms with Crippen molar-refractivity contribution in [3.63, 3.8) is 0 Å². The maximum atomic E-state index is 12.3. The van der Waals surface area contributed by atoms with Gasteiger partial charge in [0.1, 0.15) is 5.78 Å². The van der Waals surface area contributed by atoms with E-state index in [-0.39, 0.29) is 23.4 Å². The summed E-state index contributed by atoms with van der Waals surface area (Å²) in [7, 11) is -3.76. The number of hydrogen-bond donors (Lipinski definition) is 1. The van der Waals surface area contributed by atoms with Crippen molar-refractivity contribution < 1.29 is 18.0 Å². The Hall–Kier alpha value is -1.69. The number of benzene rings is 1. The molecule has 3 atom stereocenters. The van der Waals surface area contributed by atoms with E-state index in [2.05, 4.69) is 4.72 Å². The molecule has 0 radical (unpaired) electrons. The van der Waals surface area contributed by atoms with Crippen molar-refractivity contribution in [3.8, 4) is 0 Å². The number of carbonyl (C=O) groups is 2. The third-order valence-electron chi connectivity index (χ3n) is 5.14. The fraction of sp³-hybridized carbons (Fsp3) is 0.529. The third-order valence-corrected chi connectivity index (χ3v) is 6.32. The topological polar surface area (TPSA) is 80.3 Å². The first-order valence-electron chi connectivity index (χ1n) is 7.89. The van der Waals surface area contributed by atoms with Gasteiger partial charge in [-0.1, -0.05) is 18.2 Å². The van der Waals surface area contributed by atoms with Crippen molar-refractivity contribution in [3.05, 3.63) is 34.9 Å². The van der Waals surface area contributed by atoms with Crippen LogP contribution < -0.4 is 4.72 Å². The Morgan fingerprint density at radius 3 is 2.43 bits per heavy atom. The van der Waals surface area contributed by atoms with E-state index in [4.69, 9.17) is 0 Å². The molecule has 2 saturated carbocycles. The highest BCUT2D eigenvalue weighted by Gasteiger charge is 2.49. The summed E-state index contributed by atoms with van der Waals surface area (Å²) in [6.07, 6.45) is 1.90. The molecule has 1 aromatic rings. The van der Waals surface area contributed by atoms with E-state index in [1.54, 1.807) is 0 Å². The maximum absolute atomic E-state index is 12.3. The van der Waals surface area contributed by atoms with E-state index >= 15 is 0 Å². The lowest BCUT2D eigenvalue weighted by Gasteiger charge is -2.20. The molecule has 2 aliphatic rings. The highest BCUT2D eigenvalue weighted by molar-refractivity contribution is 7.89. The number of rotatable bonds is 4. The number of sulfonamides is 1. The Kier molecular flexibility index (Phi) is 4.04. The number of ketones is 1. The van der Waals surface area contributed by atoms with Gasteiger partial charge >= 0.3 is 0 Å². The van der Waals surface area contributed by atoms with Crippen molar-refractivity contribution in [2.24, 2.45) is 17.8 Å². The van der Waals surface area contributed by atoms with Gasteiger partial charge in [-0.05, 0) is 49.3 Å². The maximum Gasteiger partial charge on any atom is 0.239 e. The number of Topliss-reactive ketones (excluding diaryl/α,β-unsaturated/α-hetero) is 1. The summed E-state index contributed by atoms with van der Waals surface area (Å²) >= 11 is 0. The lowest BCUT2D eigenvalue weighted by atomic mass is 9.87. The number of carbonyl (C=O) groups excluding carboxylic acids is 2. The van der Waals surface area contributed by atoms with E-state index in [9.17, 15) is 18.0 Å². The molecule has 2 bridgehead atoms. The SMILES string of the molecule is Cc1cccc(C)c1CS(=O)(=O)NC(=O)C1C[C@H]2CC(=O)[C@@H]1C2. The summed E-state index contributed by atoms with van der Waals surface area (Å²) in [6.45, 7) is 3.71. The number of hydrogen-bond acceptors (Lipinski definition) is 4. The smallest absolute Gasteiger partial charge is 0.239 e. The quantitative estimate of drug-likeness (QED) is 0.911. The average molecular weight is 335 g/mol. The van der Waals surface area contributed by atoms with Crippen LogP contribution in [0.1, 0.15) is 36.0 Å². The van der Waals surface area contributed by atoms with Crippen LogP contribution in [0.5, 0.6) is 0 Å². The van der Waals surface area contributed by atoms with Crippen molar-refractivity contribution in [1.82, 2.24) is 4.72 Å². The van der Waals surface area contributed by atoms with Crippen LogP contribution in [0, 0.1) is 31.6 Å². The van der Waals surface area contributed by atoms with E-state index < -0.39 is 21.8 Å².